The van der Waals surface area contributed by atoms with E-state index in [2.05, 4.69) is 21.9 Å². The highest BCUT2D eigenvalue weighted by Crippen LogP contribution is 2.14. The number of ether oxygens (including phenoxy) is 1. The van der Waals surface area contributed by atoms with Crippen molar-refractivity contribution in [1.82, 2.24) is 10.6 Å². The van der Waals surface area contributed by atoms with E-state index in [0.717, 1.165) is 45.0 Å². The summed E-state index contributed by atoms with van der Waals surface area (Å²) in [5.74, 6) is 0.155. The molecule has 2 N–H and O–H groups in total. The summed E-state index contributed by atoms with van der Waals surface area (Å²) in [7, 11) is 0. The molecule has 0 spiro atoms. The van der Waals surface area contributed by atoms with Crippen molar-refractivity contribution < 1.29 is 19.1 Å². The lowest BCUT2D eigenvalue weighted by molar-refractivity contribution is -0.146. The third kappa shape index (κ3) is 10.6. The first-order chi connectivity index (χ1) is 9.77. The predicted molar refractivity (Wildman–Crippen MR) is 80.2 cm³/mol. The molecule has 2 saturated heterocycles. The molecule has 2 fully saturated rings. The minimum atomic E-state index is -0.422. The van der Waals surface area contributed by atoms with E-state index in [1.165, 1.54) is 0 Å². The Balaban J connectivity index is 0.000000293. The molecule has 0 saturated carbocycles. The number of hydrogen-bond acceptors (Lipinski definition) is 4. The summed E-state index contributed by atoms with van der Waals surface area (Å²) in [6.45, 7) is 10.4. The second-order valence-corrected chi connectivity index (χ2v) is 5.73. The van der Waals surface area contributed by atoms with E-state index in [9.17, 15) is 14.4 Å². The fraction of sp³-hybridized carbons (Fsp3) is 0.667. The van der Waals surface area contributed by atoms with Crippen molar-refractivity contribution in [1.29, 1.82) is 0 Å². The maximum absolute atomic E-state index is 10.8. The molecule has 6 heteroatoms. The summed E-state index contributed by atoms with van der Waals surface area (Å²) in [4.78, 5) is 31.0. The molecule has 2 rings (SSSR count). The third-order valence-electron chi connectivity index (χ3n) is 2.61. The average molecular weight is 298 g/mol. The predicted octanol–water partition coefficient (Wildman–Crippen LogP) is 1.51. The summed E-state index contributed by atoms with van der Waals surface area (Å²) >= 11 is 0. The molecule has 21 heavy (non-hydrogen) atoms. The van der Waals surface area contributed by atoms with E-state index in [0.29, 0.717) is 0 Å². The standard InChI is InChI=1S/C7H12O2.2C4H7NO/c1-5-9-6(8)7(2,3)4;2*6-4-2-1-3-5-4/h5H,1H2,2-4H3;2*1-3H2,(H,5,6). The van der Waals surface area contributed by atoms with Gasteiger partial charge in [0.25, 0.3) is 0 Å². The highest BCUT2D eigenvalue weighted by atomic mass is 16.5. The van der Waals surface area contributed by atoms with Crippen molar-refractivity contribution in [2.75, 3.05) is 13.1 Å². The van der Waals surface area contributed by atoms with E-state index in [-0.39, 0.29) is 17.8 Å². The van der Waals surface area contributed by atoms with Gasteiger partial charge >= 0.3 is 5.97 Å². The molecule has 2 aliphatic rings. The first-order valence-electron chi connectivity index (χ1n) is 7.12. The van der Waals surface area contributed by atoms with Gasteiger partial charge in [0.05, 0.1) is 11.7 Å². The normalized spacial score (nSPS) is 16.5. The quantitative estimate of drug-likeness (QED) is 0.568. The Morgan fingerprint density at radius 1 is 1.10 bits per heavy atom. The summed E-state index contributed by atoms with van der Waals surface area (Å²) < 4.78 is 4.53. The molecular formula is C15H26N2O4. The van der Waals surface area contributed by atoms with Crippen LogP contribution >= 0.6 is 0 Å². The van der Waals surface area contributed by atoms with Gasteiger partial charge in [-0.15, -0.1) is 0 Å². The number of rotatable bonds is 1. The SMILES string of the molecule is C=COC(=O)C(C)(C)C.O=C1CCCN1.O=C1CCCN1. The molecule has 0 aromatic rings. The number of carbonyl (C=O) groups excluding carboxylic acids is 3. The summed E-state index contributed by atoms with van der Waals surface area (Å²) in [6.07, 6.45) is 4.67. The Kier molecular flexibility index (Phi) is 9.08. The van der Waals surface area contributed by atoms with Crippen LogP contribution < -0.4 is 10.6 Å². The zero-order valence-corrected chi connectivity index (χ0v) is 13.2. The molecule has 6 nitrogen and oxygen atoms in total. The molecule has 0 bridgehead atoms. The van der Waals surface area contributed by atoms with Gasteiger partial charge in [-0.3, -0.25) is 14.4 Å². The molecule has 2 aliphatic heterocycles. The number of amides is 2. The fourth-order valence-electron chi connectivity index (χ4n) is 1.38. The van der Waals surface area contributed by atoms with Crippen molar-refractivity contribution >= 4 is 17.8 Å². The first-order valence-corrected chi connectivity index (χ1v) is 7.12. The topological polar surface area (TPSA) is 84.5 Å². The van der Waals surface area contributed by atoms with Crippen LogP contribution in [0.4, 0.5) is 0 Å². The largest absolute Gasteiger partial charge is 0.435 e. The van der Waals surface area contributed by atoms with Crippen LogP contribution in [0.1, 0.15) is 46.5 Å². The minimum absolute atomic E-state index is 0.204. The molecule has 0 aliphatic carbocycles. The Labute approximate surface area is 126 Å². The van der Waals surface area contributed by atoms with Crippen LogP contribution in [0.5, 0.6) is 0 Å². The highest BCUT2D eigenvalue weighted by Gasteiger charge is 2.21. The molecule has 120 valence electrons. The first kappa shape index (κ1) is 19.1. The van der Waals surface area contributed by atoms with Gasteiger partial charge in [-0.1, -0.05) is 6.58 Å². The Morgan fingerprint density at radius 3 is 1.62 bits per heavy atom. The van der Waals surface area contributed by atoms with Crippen molar-refractivity contribution in [3.63, 3.8) is 0 Å². The van der Waals surface area contributed by atoms with Gasteiger partial charge in [0.15, 0.2) is 0 Å². The van der Waals surface area contributed by atoms with Gasteiger partial charge in [-0.2, -0.15) is 0 Å². The number of carbonyl (C=O) groups is 3. The third-order valence-corrected chi connectivity index (χ3v) is 2.61. The van der Waals surface area contributed by atoms with Gasteiger partial charge in [0.1, 0.15) is 0 Å². The van der Waals surface area contributed by atoms with Crippen LogP contribution in [0.2, 0.25) is 0 Å². The lowest BCUT2D eigenvalue weighted by Crippen LogP contribution is -2.20. The van der Waals surface area contributed by atoms with Crippen molar-refractivity contribution in [3.8, 4) is 0 Å². The van der Waals surface area contributed by atoms with Gasteiger partial charge in [0.2, 0.25) is 11.8 Å². The van der Waals surface area contributed by atoms with Gasteiger partial charge in [0, 0.05) is 25.9 Å². The molecule has 0 aromatic carbocycles. The van der Waals surface area contributed by atoms with Crippen LogP contribution in [-0.4, -0.2) is 30.9 Å². The van der Waals surface area contributed by atoms with Crippen LogP contribution in [0.3, 0.4) is 0 Å². The summed E-state index contributed by atoms with van der Waals surface area (Å²) in [5.41, 5.74) is -0.422. The zero-order chi connectivity index (χ0) is 16.3. The Bertz CT molecular complexity index is 336. The lowest BCUT2D eigenvalue weighted by Gasteiger charge is -2.13. The number of hydrogen-bond donors (Lipinski definition) is 2. The van der Waals surface area contributed by atoms with Crippen LogP contribution in [0, 0.1) is 5.41 Å². The van der Waals surface area contributed by atoms with Crippen LogP contribution in [-0.2, 0) is 19.1 Å². The van der Waals surface area contributed by atoms with E-state index < -0.39 is 5.41 Å². The molecular weight excluding hydrogens is 272 g/mol. The van der Waals surface area contributed by atoms with Crippen LogP contribution in [0.25, 0.3) is 0 Å². The zero-order valence-electron chi connectivity index (χ0n) is 13.2. The number of nitrogens with one attached hydrogen (secondary N) is 2. The summed E-state index contributed by atoms with van der Waals surface area (Å²) in [5, 5.41) is 5.36. The monoisotopic (exact) mass is 298 g/mol. The van der Waals surface area contributed by atoms with Crippen molar-refractivity contribution in [2.45, 2.75) is 46.5 Å². The second-order valence-electron chi connectivity index (χ2n) is 5.73. The van der Waals surface area contributed by atoms with Crippen molar-refractivity contribution in [3.05, 3.63) is 12.8 Å². The van der Waals surface area contributed by atoms with E-state index in [4.69, 9.17) is 0 Å². The van der Waals surface area contributed by atoms with Gasteiger partial charge in [-0.05, 0) is 33.6 Å². The maximum Gasteiger partial charge on any atom is 0.316 e. The molecule has 0 unspecified atom stereocenters. The maximum atomic E-state index is 10.8. The molecule has 0 aromatic heterocycles. The van der Waals surface area contributed by atoms with E-state index >= 15 is 0 Å². The minimum Gasteiger partial charge on any atom is -0.435 e. The smallest absolute Gasteiger partial charge is 0.316 e. The Morgan fingerprint density at radius 2 is 1.52 bits per heavy atom. The molecule has 2 amide bonds. The average Bonchev–Trinajstić information content (AvgIpc) is 3.03. The fourth-order valence-corrected chi connectivity index (χ4v) is 1.38. The molecule has 0 atom stereocenters. The van der Waals surface area contributed by atoms with Crippen molar-refractivity contribution in [2.24, 2.45) is 5.41 Å². The molecule has 2 heterocycles. The van der Waals surface area contributed by atoms with Gasteiger partial charge in [-0.25, -0.2) is 0 Å². The second kappa shape index (κ2) is 9.96. The summed E-state index contributed by atoms with van der Waals surface area (Å²) in [6, 6.07) is 0. The van der Waals surface area contributed by atoms with Crippen LogP contribution in [0.15, 0.2) is 12.8 Å². The van der Waals surface area contributed by atoms with E-state index in [1.807, 2.05) is 0 Å². The Hall–Kier alpha value is -1.85. The lowest BCUT2D eigenvalue weighted by atomic mass is 9.98. The number of esters is 1. The van der Waals surface area contributed by atoms with Gasteiger partial charge < -0.3 is 15.4 Å². The molecule has 0 radical (unpaired) electrons. The highest BCUT2D eigenvalue weighted by molar-refractivity contribution is 5.78. The van der Waals surface area contributed by atoms with E-state index in [1.54, 1.807) is 20.8 Å².